The number of carbonyl (C=O) groups is 3. The number of amides is 3. The van der Waals surface area contributed by atoms with E-state index in [-0.39, 0.29) is 24.3 Å². The molecule has 1 aliphatic rings. The summed E-state index contributed by atoms with van der Waals surface area (Å²) in [5.41, 5.74) is 3.11. The van der Waals surface area contributed by atoms with E-state index < -0.39 is 0 Å². The fourth-order valence-corrected chi connectivity index (χ4v) is 3.79. The van der Waals surface area contributed by atoms with Crippen molar-refractivity contribution in [1.29, 1.82) is 0 Å². The smallest absolute Gasteiger partial charge is 0.255 e. The van der Waals surface area contributed by atoms with Crippen molar-refractivity contribution in [2.24, 2.45) is 0 Å². The summed E-state index contributed by atoms with van der Waals surface area (Å²) in [7, 11) is 1.54. The molecule has 3 aromatic rings. The van der Waals surface area contributed by atoms with Gasteiger partial charge in [0.25, 0.3) is 5.91 Å². The number of carbonyl (C=O) groups excluding carboxylic acids is 3. The second-order valence-corrected chi connectivity index (χ2v) is 7.80. The number of para-hydroxylation sites is 4. The fraction of sp³-hybridized carbons (Fsp3) is 0.192. The van der Waals surface area contributed by atoms with Crippen molar-refractivity contribution in [3.05, 3.63) is 78.4 Å². The first-order valence-electron chi connectivity index (χ1n) is 11.0. The number of benzene rings is 3. The van der Waals surface area contributed by atoms with Crippen LogP contribution in [0.5, 0.6) is 5.75 Å². The molecule has 8 nitrogen and oxygen atoms in total. The van der Waals surface area contributed by atoms with Crippen LogP contribution < -0.4 is 25.6 Å². The lowest BCUT2D eigenvalue weighted by atomic mass is 10.2. The van der Waals surface area contributed by atoms with Gasteiger partial charge in [-0.25, -0.2) is 0 Å². The van der Waals surface area contributed by atoms with Crippen LogP contribution in [0.4, 0.5) is 22.7 Å². The molecule has 3 N–H and O–H groups in total. The molecule has 0 saturated carbocycles. The highest BCUT2D eigenvalue weighted by Crippen LogP contribution is 2.29. The normalized spacial score (nSPS) is 12.9. The number of hydrogen-bond acceptors (Lipinski definition) is 5. The molecule has 174 valence electrons. The third-order valence-corrected chi connectivity index (χ3v) is 5.49. The van der Waals surface area contributed by atoms with Crippen LogP contribution >= 0.6 is 0 Å². The van der Waals surface area contributed by atoms with Gasteiger partial charge in [0.2, 0.25) is 11.8 Å². The second kappa shape index (κ2) is 10.5. The predicted octanol–water partition coefficient (Wildman–Crippen LogP) is 4.12. The Kier molecular flexibility index (Phi) is 7.07. The Morgan fingerprint density at radius 1 is 0.912 bits per heavy atom. The molecule has 0 bridgehead atoms. The molecule has 0 radical (unpaired) electrons. The molecule has 4 rings (SSSR count). The zero-order chi connectivity index (χ0) is 23.9. The Bertz CT molecular complexity index is 1190. The maximum atomic E-state index is 12.5. The molecule has 1 aliphatic heterocycles. The lowest BCUT2D eigenvalue weighted by molar-refractivity contribution is -0.117. The average molecular weight is 459 g/mol. The molecule has 34 heavy (non-hydrogen) atoms. The van der Waals surface area contributed by atoms with E-state index in [0.29, 0.717) is 35.7 Å². The Morgan fingerprint density at radius 3 is 2.32 bits per heavy atom. The van der Waals surface area contributed by atoms with E-state index in [4.69, 9.17) is 4.74 Å². The first kappa shape index (κ1) is 22.8. The molecular weight excluding hydrogens is 432 g/mol. The van der Waals surface area contributed by atoms with E-state index in [2.05, 4.69) is 16.0 Å². The van der Waals surface area contributed by atoms with Gasteiger partial charge in [-0.05, 0) is 55.0 Å². The van der Waals surface area contributed by atoms with E-state index in [1.165, 1.54) is 0 Å². The van der Waals surface area contributed by atoms with Gasteiger partial charge in [-0.3, -0.25) is 14.4 Å². The minimum absolute atomic E-state index is 0.0368. The molecule has 8 heteroatoms. The van der Waals surface area contributed by atoms with Crippen LogP contribution in [0.15, 0.2) is 72.8 Å². The van der Waals surface area contributed by atoms with E-state index in [9.17, 15) is 14.4 Å². The van der Waals surface area contributed by atoms with Crippen molar-refractivity contribution in [3.63, 3.8) is 0 Å². The van der Waals surface area contributed by atoms with Gasteiger partial charge in [0.05, 0.1) is 30.7 Å². The molecule has 3 aromatic carbocycles. The summed E-state index contributed by atoms with van der Waals surface area (Å²) < 4.78 is 5.25. The Morgan fingerprint density at radius 2 is 1.62 bits per heavy atom. The summed E-state index contributed by atoms with van der Waals surface area (Å²) in [6.45, 7) is 0.718. The number of anilines is 4. The molecular formula is C26H26N4O4. The van der Waals surface area contributed by atoms with Gasteiger partial charge >= 0.3 is 0 Å². The van der Waals surface area contributed by atoms with Crippen molar-refractivity contribution >= 4 is 40.5 Å². The highest BCUT2D eigenvalue weighted by molar-refractivity contribution is 6.05. The van der Waals surface area contributed by atoms with Crippen LogP contribution in [0.25, 0.3) is 0 Å². The Balaban J connectivity index is 1.33. The van der Waals surface area contributed by atoms with E-state index in [1.807, 2.05) is 36.4 Å². The van der Waals surface area contributed by atoms with Gasteiger partial charge in [0.1, 0.15) is 5.75 Å². The zero-order valence-corrected chi connectivity index (χ0v) is 18.8. The monoisotopic (exact) mass is 458 g/mol. The van der Waals surface area contributed by atoms with Gasteiger partial charge in [-0.1, -0.05) is 24.3 Å². The summed E-state index contributed by atoms with van der Waals surface area (Å²) in [6.07, 6.45) is 1.38. The lowest BCUT2D eigenvalue weighted by Crippen LogP contribution is -2.26. The highest BCUT2D eigenvalue weighted by Gasteiger charge is 2.23. The van der Waals surface area contributed by atoms with Gasteiger partial charge < -0.3 is 25.6 Å². The molecule has 1 heterocycles. The van der Waals surface area contributed by atoms with Gasteiger partial charge in [0, 0.05) is 24.2 Å². The average Bonchev–Trinajstić information content (AvgIpc) is 3.29. The minimum Gasteiger partial charge on any atom is -0.495 e. The fourth-order valence-electron chi connectivity index (χ4n) is 3.79. The van der Waals surface area contributed by atoms with Crippen LogP contribution in [0.1, 0.15) is 23.2 Å². The first-order valence-corrected chi connectivity index (χ1v) is 11.0. The van der Waals surface area contributed by atoms with E-state index >= 15 is 0 Å². The molecule has 0 aliphatic carbocycles. The summed E-state index contributed by atoms with van der Waals surface area (Å²) in [5.74, 6) is 0.141. The van der Waals surface area contributed by atoms with Gasteiger partial charge in [0.15, 0.2) is 0 Å². The van der Waals surface area contributed by atoms with Crippen LogP contribution in [0.2, 0.25) is 0 Å². The molecule has 0 unspecified atom stereocenters. The number of ether oxygens (including phenoxy) is 1. The largest absolute Gasteiger partial charge is 0.495 e. The summed E-state index contributed by atoms with van der Waals surface area (Å²) in [4.78, 5) is 38.9. The second-order valence-electron chi connectivity index (χ2n) is 7.80. The molecule has 3 amide bonds. The van der Waals surface area contributed by atoms with Crippen molar-refractivity contribution in [3.8, 4) is 5.75 Å². The third-order valence-electron chi connectivity index (χ3n) is 5.49. The first-order chi connectivity index (χ1) is 16.5. The molecule has 0 atom stereocenters. The van der Waals surface area contributed by atoms with Gasteiger partial charge in [-0.2, -0.15) is 0 Å². The van der Waals surface area contributed by atoms with Crippen molar-refractivity contribution < 1.29 is 19.1 Å². The number of rotatable bonds is 8. The maximum Gasteiger partial charge on any atom is 0.255 e. The Labute approximate surface area is 197 Å². The number of nitrogens with one attached hydrogen (secondary N) is 3. The number of nitrogens with zero attached hydrogens (tertiary/aromatic N) is 1. The van der Waals surface area contributed by atoms with Crippen LogP contribution in [0.3, 0.4) is 0 Å². The molecule has 0 spiro atoms. The molecule has 1 saturated heterocycles. The van der Waals surface area contributed by atoms with Crippen LogP contribution in [0, 0.1) is 0 Å². The molecule has 0 aromatic heterocycles. The molecule has 1 fully saturated rings. The SMILES string of the molecule is COc1ccccc1NC(=O)c1ccc(NC(=O)CNc2ccccc2N2CCCC2=O)cc1. The highest BCUT2D eigenvalue weighted by atomic mass is 16.5. The van der Waals surface area contributed by atoms with Gasteiger partial charge in [-0.15, -0.1) is 0 Å². The standard InChI is InChI=1S/C26H26N4O4/c1-34-23-10-5-3-8-21(23)29-26(33)18-12-14-19(15-13-18)28-24(31)17-27-20-7-2-4-9-22(20)30-16-6-11-25(30)32/h2-5,7-10,12-15,27H,6,11,16-17H2,1H3,(H,28,31)(H,29,33). The number of methoxy groups -OCH3 is 1. The topological polar surface area (TPSA) is 99.8 Å². The maximum absolute atomic E-state index is 12.5. The van der Waals surface area contributed by atoms with Crippen molar-refractivity contribution in [2.45, 2.75) is 12.8 Å². The third kappa shape index (κ3) is 5.35. The van der Waals surface area contributed by atoms with Crippen LogP contribution in [-0.4, -0.2) is 37.9 Å². The van der Waals surface area contributed by atoms with Crippen molar-refractivity contribution in [1.82, 2.24) is 0 Å². The summed E-state index contributed by atoms with van der Waals surface area (Å²) in [5, 5.41) is 8.75. The lowest BCUT2D eigenvalue weighted by Gasteiger charge is -2.20. The summed E-state index contributed by atoms with van der Waals surface area (Å²) >= 11 is 0. The van der Waals surface area contributed by atoms with E-state index in [0.717, 1.165) is 17.8 Å². The predicted molar refractivity (Wildman–Crippen MR) is 133 cm³/mol. The van der Waals surface area contributed by atoms with E-state index in [1.54, 1.807) is 48.4 Å². The number of hydrogen-bond donors (Lipinski definition) is 3. The Hall–Kier alpha value is -4.33. The quantitative estimate of drug-likeness (QED) is 0.471. The van der Waals surface area contributed by atoms with Crippen molar-refractivity contribution in [2.75, 3.05) is 41.0 Å². The summed E-state index contributed by atoms with van der Waals surface area (Å²) in [6, 6.07) is 21.2. The van der Waals surface area contributed by atoms with Crippen LogP contribution in [-0.2, 0) is 9.59 Å². The zero-order valence-electron chi connectivity index (χ0n) is 18.8. The minimum atomic E-state index is -0.280.